The van der Waals surface area contributed by atoms with Crippen molar-refractivity contribution in [3.63, 3.8) is 0 Å². The summed E-state index contributed by atoms with van der Waals surface area (Å²) in [4.78, 5) is 18.3. The number of likely N-dealkylation sites (tertiary alicyclic amines) is 1. The molecule has 0 radical (unpaired) electrons. The number of nitrogens with zero attached hydrogens (tertiary/aromatic N) is 2. The second kappa shape index (κ2) is 6.48. The third-order valence-electron chi connectivity index (χ3n) is 3.52. The van der Waals surface area contributed by atoms with Crippen LogP contribution in [0.1, 0.15) is 31.9 Å². The lowest BCUT2D eigenvalue weighted by Gasteiger charge is -2.37. The number of aromatic nitrogens is 1. The molecule has 4 nitrogen and oxygen atoms in total. The zero-order chi connectivity index (χ0) is 13.7. The molecule has 0 aromatic carbocycles. The Balaban J connectivity index is 2.04. The fourth-order valence-electron chi connectivity index (χ4n) is 2.50. The second-order valence-corrected chi connectivity index (χ2v) is 5.04. The average molecular weight is 259 g/mol. The lowest BCUT2D eigenvalue weighted by Crippen LogP contribution is -2.51. The number of pyridine rings is 1. The van der Waals surface area contributed by atoms with Gasteiger partial charge in [-0.3, -0.25) is 9.78 Å². The van der Waals surface area contributed by atoms with Crippen molar-refractivity contribution >= 4 is 12.0 Å². The van der Waals surface area contributed by atoms with E-state index >= 15 is 0 Å². The van der Waals surface area contributed by atoms with E-state index in [9.17, 15) is 4.79 Å². The Hall–Kier alpha value is -1.68. The molecule has 2 unspecified atom stereocenters. The molecule has 0 saturated carbocycles. The van der Waals surface area contributed by atoms with E-state index in [1.807, 2.05) is 30.0 Å². The average Bonchev–Trinajstić information content (AvgIpc) is 2.46. The molecular weight excluding hydrogens is 238 g/mol. The molecule has 2 heterocycles. The fraction of sp³-hybridized carbons (Fsp3) is 0.467. The molecule has 0 spiro atoms. The molecule has 102 valence electrons. The summed E-state index contributed by atoms with van der Waals surface area (Å²) < 4.78 is 0. The van der Waals surface area contributed by atoms with Gasteiger partial charge in [0.15, 0.2) is 0 Å². The minimum absolute atomic E-state index is 0.0208. The third-order valence-corrected chi connectivity index (χ3v) is 3.52. The molecule has 4 heteroatoms. The van der Waals surface area contributed by atoms with Gasteiger partial charge in [0.1, 0.15) is 0 Å². The Labute approximate surface area is 114 Å². The van der Waals surface area contributed by atoms with Gasteiger partial charge in [-0.1, -0.05) is 6.07 Å². The Morgan fingerprint density at radius 1 is 1.53 bits per heavy atom. The van der Waals surface area contributed by atoms with Gasteiger partial charge in [0.25, 0.3) is 0 Å². The van der Waals surface area contributed by atoms with Crippen molar-refractivity contribution in [2.75, 3.05) is 6.54 Å². The molecule has 0 bridgehead atoms. The highest BCUT2D eigenvalue weighted by atomic mass is 16.2. The Kier molecular flexibility index (Phi) is 4.68. The van der Waals surface area contributed by atoms with Gasteiger partial charge < -0.3 is 10.6 Å². The van der Waals surface area contributed by atoms with Crippen LogP contribution in [-0.4, -0.2) is 34.4 Å². The van der Waals surface area contributed by atoms with Gasteiger partial charge >= 0.3 is 0 Å². The summed E-state index contributed by atoms with van der Waals surface area (Å²) in [6.07, 6.45) is 8.29. The standard InChI is InChI=1S/C15H21N3O/c1-12(16)14-7-3-5-11-18(14)15(19)9-8-13-6-2-4-10-17-13/h2,4,6,8-10,12,14H,3,5,7,11,16H2,1H3. The molecule has 1 saturated heterocycles. The number of hydrogen-bond acceptors (Lipinski definition) is 3. The predicted molar refractivity (Wildman–Crippen MR) is 76.3 cm³/mol. The summed E-state index contributed by atoms with van der Waals surface area (Å²) in [6.45, 7) is 2.77. The summed E-state index contributed by atoms with van der Waals surface area (Å²) in [5.41, 5.74) is 6.77. The molecule has 2 rings (SSSR count). The number of carbonyl (C=O) groups is 1. The Bertz CT molecular complexity index is 442. The van der Waals surface area contributed by atoms with Crippen LogP contribution in [-0.2, 0) is 4.79 Å². The predicted octanol–water partition coefficient (Wildman–Crippen LogP) is 1.82. The summed E-state index contributed by atoms with van der Waals surface area (Å²) in [5, 5.41) is 0. The minimum Gasteiger partial charge on any atom is -0.335 e. The van der Waals surface area contributed by atoms with Crippen LogP contribution in [0.25, 0.3) is 6.08 Å². The highest BCUT2D eigenvalue weighted by Gasteiger charge is 2.27. The first-order valence-electron chi connectivity index (χ1n) is 6.84. The van der Waals surface area contributed by atoms with E-state index in [4.69, 9.17) is 5.73 Å². The van der Waals surface area contributed by atoms with Gasteiger partial charge in [0.2, 0.25) is 5.91 Å². The van der Waals surface area contributed by atoms with Crippen LogP contribution in [0.3, 0.4) is 0 Å². The van der Waals surface area contributed by atoms with Crippen molar-refractivity contribution in [3.8, 4) is 0 Å². The van der Waals surface area contributed by atoms with Gasteiger partial charge in [0.05, 0.1) is 5.69 Å². The van der Waals surface area contributed by atoms with Crippen molar-refractivity contribution < 1.29 is 4.79 Å². The minimum atomic E-state index is 0.0208. The summed E-state index contributed by atoms with van der Waals surface area (Å²) in [7, 11) is 0. The van der Waals surface area contributed by atoms with Crippen molar-refractivity contribution in [1.29, 1.82) is 0 Å². The zero-order valence-electron chi connectivity index (χ0n) is 11.3. The van der Waals surface area contributed by atoms with Gasteiger partial charge in [-0.25, -0.2) is 0 Å². The Morgan fingerprint density at radius 3 is 3.05 bits per heavy atom. The highest BCUT2D eigenvalue weighted by Crippen LogP contribution is 2.19. The summed E-state index contributed by atoms with van der Waals surface area (Å²) >= 11 is 0. The van der Waals surface area contributed by atoms with Gasteiger partial charge in [-0.15, -0.1) is 0 Å². The zero-order valence-corrected chi connectivity index (χ0v) is 11.3. The molecule has 1 fully saturated rings. The molecule has 1 aromatic heterocycles. The topological polar surface area (TPSA) is 59.2 Å². The van der Waals surface area contributed by atoms with Gasteiger partial charge in [-0.05, 0) is 44.4 Å². The normalized spacial score (nSPS) is 21.6. The summed E-state index contributed by atoms with van der Waals surface area (Å²) in [6, 6.07) is 5.82. The van der Waals surface area contributed by atoms with Crippen LogP contribution < -0.4 is 5.73 Å². The molecule has 1 aliphatic heterocycles. The lowest BCUT2D eigenvalue weighted by molar-refractivity contribution is -0.129. The number of amides is 1. The maximum atomic E-state index is 12.2. The number of rotatable bonds is 3. The van der Waals surface area contributed by atoms with Crippen LogP contribution in [0.2, 0.25) is 0 Å². The van der Waals surface area contributed by atoms with Gasteiger partial charge in [0, 0.05) is 30.9 Å². The number of piperidine rings is 1. The van der Waals surface area contributed by atoms with Crippen LogP contribution in [0.15, 0.2) is 30.5 Å². The third kappa shape index (κ3) is 3.64. The summed E-state index contributed by atoms with van der Waals surface area (Å²) in [5.74, 6) is 0.0349. The van der Waals surface area contributed by atoms with E-state index in [-0.39, 0.29) is 18.0 Å². The SMILES string of the molecule is CC(N)C1CCCCN1C(=O)C=Cc1ccccn1. The highest BCUT2D eigenvalue weighted by molar-refractivity contribution is 5.91. The second-order valence-electron chi connectivity index (χ2n) is 5.04. The van der Waals surface area contributed by atoms with Crippen molar-refractivity contribution in [3.05, 3.63) is 36.2 Å². The maximum absolute atomic E-state index is 12.2. The van der Waals surface area contributed by atoms with Crippen molar-refractivity contribution in [2.24, 2.45) is 5.73 Å². The molecule has 1 aromatic rings. The molecule has 19 heavy (non-hydrogen) atoms. The van der Waals surface area contributed by atoms with E-state index in [0.717, 1.165) is 31.5 Å². The fourth-order valence-corrected chi connectivity index (χ4v) is 2.50. The largest absolute Gasteiger partial charge is 0.335 e. The van der Waals surface area contributed by atoms with Gasteiger partial charge in [-0.2, -0.15) is 0 Å². The van der Waals surface area contributed by atoms with Crippen LogP contribution in [0.5, 0.6) is 0 Å². The van der Waals surface area contributed by atoms with E-state index in [1.54, 1.807) is 18.3 Å². The molecule has 1 amide bonds. The molecular formula is C15H21N3O. The first-order valence-corrected chi connectivity index (χ1v) is 6.84. The Morgan fingerprint density at radius 2 is 2.37 bits per heavy atom. The molecule has 2 atom stereocenters. The van der Waals surface area contributed by atoms with E-state index < -0.39 is 0 Å². The number of nitrogens with two attached hydrogens (primary N) is 1. The van der Waals surface area contributed by atoms with E-state index in [0.29, 0.717) is 0 Å². The quantitative estimate of drug-likeness (QED) is 0.842. The number of hydrogen-bond donors (Lipinski definition) is 1. The maximum Gasteiger partial charge on any atom is 0.246 e. The monoisotopic (exact) mass is 259 g/mol. The van der Waals surface area contributed by atoms with E-state index in [1.165, 1.54) is 0 Å². The van der Waals surface area contributed by atoms with Crippen LogP contribution in [0.4, 0.5) is 0 Å². The first-order chi connectivity index (χ1) is 9.18. The smallest absolute Gasteiger partial charge is 0.246 e. The first kappa shape index (κ1) is 13.7. The molecule has 0 aliphatic carbocycles. The number of carbonyl (C=O) groups excluding carboxylic acids is 1. The van der Waals surface area contributed by atoms with E-state index in [2.05, 4.69) is 4.98 Å². The molecule has 2 N–H and O–H groups in total. The van der Waals surface area contributed by atoms with Crippen LogP contribution >= 0.6 is 0 Å². The molecule has 1 aliphatic rings. The lowest BCUT2D eigenvalue weighted by atomic mass is 9.97. The van der Waals surface area contributed by atoms with Crippen molar-refractivity contribution in [1.82, 2.24) is 9.88 Å². The van der Waals surface area contributed by atoms with Crippen LogP contribution in [0, 0.1) is 0 Å². The van der Waals surface area contributed by atoms with Crippen molar-refractivity contribution in [2.45, 2.75) is 38.3 Å².